The van der Waals surface area contributed by atoms with E-state index in [1.165, 1.54) is 0 Å². The third kappa shape index (κ3) is 3.11. The normalized spacial score (nSPS) is 9.62. The molecule has 0 bridgehead atoms. The van der Waals surface area contributed by atoms with Gasteiger partial charge in [-0.3, -0.25) is 4.79 Å². The van der Waals surface area contributed by atoms with Gasteiger partial charge in [0.25, 0.3) is 0 Å². The molecule has 0 aliphatic heterocycles. The van der Waals surface area contributed by atoms with Crippen LogP contribution in [0.4, 0.5) is 11.5 Å². The van der Waals surface area contributed by atoms with Gasteiger partial charge in [-0.1, -0.05) is 6.92 Å². The van der Waals surface area contributed by atoms with Crippen LogP contribution in [0.25, 0.3) is 0 Å². The van der Waals surface area contributed by atoms with E-state index in [0.717, 1.165) is 6.42 Å². The third-order valence-electron chi connectivity index (χ3n) is 1.55. The maximum Gasteiger partial charge on any atom is 0.224 e. The Morgan fingerprint density at radius 3 is 2.92 bits per heavy atom. The van der Waals surface area contributed by atoms with E-state index in [4.69, 9.17) is 5.73 Å². The molecule has 1 aromatic heterocycles. The first kappa shape index (κ1) is 9.51. The second-order valence-electron chi connectivity index (χ2n) is 2.77. The number of aromatic nitrogens is 1. The first-order valence-electron chi connectivity index (χ1n) is 4.23. The molecule has 1 heterocycles. The fraction of sp³-hybridized carbons (Fsp3) is 0.333. The monoisotopic (exact) mass is 179 g/mol. The molecule has 4 heteroatoms. The van der Waals surface area contributed by atoms with Crippen LogP contribution in [0.2, 0.25) is 0 Å². The number of nitrogen functional groups attached to an aromatic ring is 1. The molecule has 0 fully saturated rings. The molecule has 0 aliphatic carbocycles. The third-order valence-corrected chi connectivity index (χ3v) is 1.55. The number of hydrogen-bond donors (Lipinski definition) is 2. The summed E-state index contributed by atoms with van der Waals surface area (Å²) < 4.78 is 0. The van der Waals surface area contributed by atoms with Crippen molar-refractivity contribution in [3.63, 3.8) is 0 Å². The SMILES string of the molecule is CCCC(=O)Nc1ccc(N)nc1. The van der Waals surface area contributed by atoms with Crippen LogP contribution in [0.15, 0.2) is 18.3 Å². The maximum atomic E-state index is 11.1. The van der Waals surface area contributed by atoms with Crippen molar-refractivity contribution in [2.24, 2.45) is 0 Å². The van der Waals surface area contributed by atoms with Gasteiger partial charge in [0.05, 0.1) is 11.9 Å². The van der Waals surface area contributed by atoms with Crippen LogP contribution >= 0.6 is 0 Å². The molecular weight excluding hydrogens is 166 g/mol. The number of nitrogens with two attached hydrogens (primary N) is 1. The summed E-state index contributed by atoms with van der Waals surface area (Å²) in [7, 11) is 0. The van der Waals surface area contributed by atoms with Gasteiger partial charge < -0.3 is 11.1 Å². The van der Waals surface area contributed by atoms with Crippen molar-refractivity contribution in [3.8, 4) is 0 Å². The highest BCUT2D eigenvalue weighted by atomic mass is 16.1. The number of carbonyl (C=O) groups is 1. The average molecular weight is 179 g/mol. The standard InChI is InChI=1S/C9H13N3O/c1-2-3-9(13)12-7-4-5-8(10)11-6-7/h4-6H,2-3H2,1H3,(H2,10,11)(H,12,13). The Labute approximate surface area is 77.2 Å². The van der Waals surface area contributed by atoms with E-state index >= 15 is 0 Å². The maximum absolute atomic E-state index is 11.1. The first-order valence-corrected chi connectivity index (χ1v) is 4.23. The van der Waals surface area contributed by atoms with Crippen LogP contribution in [0.3, 0.4) is 0 Å². The molecule has 1 rings (SSSR count). The number of nitrogens with one attached hydrogen (secondary N) is 1. The highest BCUT2D eigenvalue weighted by Gasteiger charge is 1.99. The summed E-state index contributed by atoms with van der Waals surface area (Å²) in [6, 6.07) is 3.39. The molecular formula is C9H13N3O. The van der Waals surface area contributed by atoms with Gasteiger partial charge in [-0.15, -0.1) is 0 Å². The summed E-state index contributed by atoms with van der Waals surface area (Å²) in [6.45, 7) is 1.96. The lowest BCUT2D eigenvalue weighted by Gasteiger charge is -2.02. The Balaban J connectivity index is 2.54. The molecule has 3 N–H and O–H groups in total. The molecule has 0 spiro atoms. The van der Waals surface area contributed by atoms with Gasteiger partial charge in [0.15, 0.2) is 0 Å². The summed E-state index contributed by atoms with van der Waals surface area (Å²) in [6.07, 6.45) is 2.92. The van der Waals surface area contributed by atoms with Crippen LogP contribution in [0, 0.1) is 0 Å². The molecule has 13 heavy (non-hydrogen) atoms. The van der Waals surface area contributed by atoms with Gasteiger partial charge in [0, 0.05) is 6.42 Å². The van der Waals surface area contributed by atoms with Gasteiger partial charge >= 0.3 is 0 Å². The summed E-state index contributed by atoms with van der Waals surface area (Å²) in [5.41, 5.74) is 6.08. The minimum atomic E-state index is 0.00840. The molecule has 0 aromatic carbocycles. The highest BCUT2D eigenvalue weighted by Crippen LogP contribution is 2.07. The van der Waals surface area contributed by atoms with Crippen molar-refractivity contribution in [3.05, 3.63) is 18.3 Å². The van der Waals surface area contributed by atoms with Crippen molar-refractivity contribution in [2.45, 2.75) is 19.8 Å². The lowest BCUT2D eigenvalue weighted by atomic mass is 10.3. The number of anilines is 2. The number of pyridine rings is 1. The fourth-order valence-electron chi connectivity index (χ4n) is 0.930. The largest absolute Gasteiger partial charge is 0.384 e. The van der Waals surface area contributed by atoms with E-state index in [0.29, 0.717) is 17.9 Å². The van der Waals surface area contributed by atoms with Crippen LogP contribution < -0.4 is 11.1 Å². The van der Waals surface area contributed by atoms with E-state index in [1.807, 2.05) is 6.92 Å². The number of hydrogen-bond acceptors (Lipinski definition) is 3. The zero-order valence-corrected chi connectivity index (χ0v) is 7.58. The Morgan fingerprint density at radius 2 is 2.38 bits per heavy atom. The zero-order valence-electron chi connectivity index (χ0n) is 7.58. The second kappa shape index (κ2) is 4.45. The zero-order chi connectivity index (χ0) is 9.68. The average Bonchev–Trinajstić information content (AvgIpc) is 2.09. The molecule has 0 aliphatic rings. The Morgan fingerprint density at radius 1 is 1.62 bits per heavy atom. The van der Waals surface area contributed by atoms with Gasteiger partial charge in [0.2, 0.25) is 5.91 Å². The summed E-state index contributed by atoms with van der Waals surface area (Å²) in [5, 5.41) is 2.71. The lowest BCUT2D eigenvalue weighted by Crippen LogP contribution is -2.10. The van der Waals surface area contributed by atoms with Gasteiger partial charge in [-0.05, 0) is 18.6 Å². The molecule has 4 nitrogen and oxygen atoms in total. The molecule has 1 aromatic rings. The first-order chi connectivity index (χ1) is 6.22. The molecule has 0 radical (unpaired) electrons. The van der Waals surface area contributed by atoms with Crippen molar-refractivity contribution >= 4 is 17.4 Å². The van der Waals surface area contributed by atoms with Gasteiger partial charge in [-0.2, -0.15) is 0 Å². The van der Waals surface area contributed by atoms with E-state index in [1.54, 1.807) is 18.3 Å². The van der Waals surface area contributed by atoms with Crippen molar-refractivity contribution < 1.29 is 4.79 Å². The quantitative estimate of drug-likeness (QED) is 0.737. The van der Waals surface area contributed by atoms with E-state index in [-0.39, 0.29) is 5.91 Å². The molecule has 0 unspecified atom stereocenters. The van der Waals surface area contributed by atoms with Crippen molar-refractivity contribution in [1.82, 2.24) is 4.98 Å². The minimum Gasteiger partial charge on any atom is -0.384 e. The lowest BCUT2D eigenvalue weighted by molar-refractivity contribution is -0.116. The Kier molecular flexibility index (Phi) is 3.25. The van der Waals surface area contributed by atoms with Crippen LogP contribution in [-0.2, 0) is 4.79 Å². The molecule has 0 saturated carbocycles. The number of carbonyl (C=O) groups excluding carboxylic acids is 1. The highest BCUT2D eigenvalue weighted by molar-refractivity contribution is 5.90. The predicted octanol–water partition coefficient (Wildman–Crippen LogP) is 1.40. The van der Waals surface area contributed by atoms with E-state index in [2.05, 4.69) is 10.3 Å². The van der Waals surface area contributed by atoms with Crippen LogP contribution in [0.1, 0.15) is 19.8 Å². The second-order valence-corrected chi connectivity index (χ2v) is 2.77. The fourth-order valence-corrected chi connectivity index (χ4v) is 0.930. The molecule has 0 atom stereocenters. The summed E-state index contributed by atoms with van der Waals surface area (Å²) >= 11 is 0. The summed E-state index contributed by atoms with van der Waals surface area (Å²) in [5.74, 6) is 0.461. The predicted molar refractivity (Wildman–Crippen MR) is 52.2 cm³/mol. The van der Waals surface area contributed by atoms with Gasteiger partial charge in [0.1, 0.15) is 5.82 Å². The van der Waals surface area contributed by atoms with Crippen molar-refractivity contribution in [1.29, 1.82) is 0 Å². The van der Waals surface area contributed by atoms with Gasteiger partial charge in [-0.25, -0.2) is 4.98 Å². The Bertz CT molecular complexity index is 281. The number of amides is 1. The minimum absolute atomic E-state index is 0.00840. The smallest absolute Gasteiger partial charge is 0.224 e. The molecule has 0 saturated heterocycles. The van der Waals surface area contributed by atoms with E-state index < -0.39 is 0 Å². The Hall–Kier alpha value is -1.58. The molecule has 1 amide bonds. The number of nitrogens with zero attached hydrogens (tertiary/aromatic N) is 1. The molecule has 70 valence electrons. The summed E-state index contributed by atoms with van der Waals surface area (Å²) in [4.78, 5) is 15.0. The topological polar surface area (TPSA) is 68.0 Å². The van der Waals surface area contributed by atoms with Crippen LogP contribution in [-0.4, -0.2) is 10.9 Å². The van der Waals surface area contributed by atoms with Crippen molar-refractivity contribution in [2.75, 3.05) is 11.1 Å². The van der Waals surface area contributed by atoms with Crippen LogP contribution in [0.5, 0.6) is 0 Å². The van der Waals surface area contributed by atoms with E-state index in [9.17, 15) is 4.79 Å². The number of rotatable bonds is 3.